The molecule has 1 saturated heterocycles. The standard InChI is InChI=1S/C14H17F3N2O2/c1-10(20)18-12-4-2-3-11(7-12)8-19-6-5-13(21,9-19)14(15,16)17/h2-4,7,21H,5-6,8-9H2,1H3,(H,18,20). The lowest BCUT2D eigenvalue weighted by molar-refractivity contribution is -0.254. The summed E-state index contributed by atoms with van der Waals surface area (Å²) in [6.45, 7) is 1.43. The Morgan fingerprint density at radius 1 is 1.48 bits per heavy atom. The summed E-state index contributed by atoms with van der Waals surface area (Å²) in [5.41, 5.74) is -1.24. The van der Waals surface area contributed by atoms with Gasteiger partial charge in [-0.05, 0) is 24.1 Å². The molecule has 2 N–H and O–H groups in total. The van der Waals surface area contributed by atoms with Crippen molar-refractivity contribution in [1.29, 1.82) is 0 Å². The summed E-state index contributed by atoms with van der Waals surface area (Å²) in [4.78, 5) is 12.5. The van der Waals surface area contributed by atoms with Crippen molar-refractivity contribution in [3.05, 3.63) is 29.8 Å². The highest BCUT2D eigenvalue weighted by Crippen LogP contribution is 2.38. The van der Waals surface area contributed by atoms with Gasteiger partial charge < -0.3 is 10.4 Å². The molecule has 21 heavy (non-hydrogen) atoms. The first-order valence-electron chi connectivity index (χ1n) is 6.58. The number of nitrogens with one attached hydrogen (secondary N) is 1. The average molecular weight is 302 g/mol. The zero-order valence-electron chi connectivity index (χ0n) is 11.6. The van der Waals surface area contributed by atoms with E-state index in [-0.39, 0.29) is 18.9 Å². The van der Waals surface area contributed by atoms with E-state index in [4.69, 9.17) is 0 Å². The molecule has 0 saturated carbocycles. The van der Waals surface area contributed by atoms with Crippen molar-refractivity contribution in [1.82, 2.24) is 4.90 Å². The number of benzene rings is 1. The Balaban J connectivity index is 2.02. The van der Waals surface area contributed by atoms with Gasteiger partial charge in [0, 0.05) is 32.2 Å². The van der Waals surface area contributed by atoms with Crippen LogP contribution in [0, 0.1) is 0 Å². The van der Waals surface area contributed by atoms with E-state index in [1.165, 1.54) is 6.92 Å². The second-order valence-electron chi connectivity index (χ2n) is 5.37. The maximum absolute atomic E-state index is 12.7. The number of amides is 1. The monoisotopic (exact) mass is 302 g/mol. The summed E-state index contributed by atoms with van der Waals surface area (Å²) in [6.07, 6.45) is -4.93. The Bertz CT molecular complexity index is 533. The molecule has 1 fully saturated rings. The largest absolute Gasteiger partial charge is 0.418 e. The molecule has 1 aromatic rings. The molecule has 0 bridgehead atoms. The van der Waals surface area contributed by atoms with Crippen LogP contribution in [0.5, 0.6) is 0 Å². The summed E-state index contributed by atoms with van der Waals surface area (Å²) < 4.78 is 38.2. The lowest BCUT2D eigenvalue weighted by atomic mass is 10.0. The molecule has 1 aliphatic rings. The zero-order chi connectivity index (χ0) is 15.7. The summed E-state index contributed by atoms with van der Waals surface area (Å²) in [6, 6.07) is 6.93. The molecule has 0 aromatic heterocycles. The summed E-state index contributed by atoms with van der Waals surface area (Å²) >= 11 is 0. The molecule has 1 atom stereocenters. The number of carbonyl (C=O) groups is 1. The van der Waals surface area contributed by atoms with Crippen LogP contribution in [0.4, 0.5) is 18.9 Å². The first-order chi connectivity index (χ1) is 9.69. The van der Waals surface area contributed by atoms with Crippen molar-refractivity contribution in [2.45, 2.75) is 31.7 Å². The number of hydrogen-bond donors (Lipinski definition) is 2. The van der Waals surface area contributed by atoms with Gasteiger partial charge in [-0.2, -0.15) is 13.2 Å². The van der Waals surface area contributed by atoms with Gasteiger partial charge in [0.25, 0.3) is 0 Å². The average Bonchev–Trinajstić information content (AvgIpc) is 2.71. The van der Waals surface area contributed by atoms with Crippen LogP contribution in [-0.4, -0.2) is 40.8 Å². The summed E-state index contributed by atoms with van der Waals surface area (Å²) in [5.74, 6) is -0.209. The molecule has 4 nitrogen and oxygen atoms in total. The van der Waals surface area contributed by atoms with Crippen molar-refractivity contribution in [2.24, 2.45) is 0 Å². The van der Waals surface area contributed by atoms with E-state index in [0.717, 1.165) is 5.56 Å². The quantitative estimate of drug-likeness (QED) is 0.899. The highest BCUT2D eigenvalue weighted by atomic mass is 19.4. The van der Waals surface area contributed by atoms with Crippen LogP contribution < -0.4 is 5.32 Å². The first-order valence-corrected chi connectivity index (χ1v) is 6.58. The van der Waals surface area contributed by atoms with Gasteiger partial charge in [0.15, 0.2) is 5.60 Å². The fourth-order valence-corrected chi connectivity index (χ4v) is 2.45. The molecular formula is C14H17F3N2O2. The Morgan fingerprint density at radius 3 is 2.76 bits per heavy atom. The van der Waals surface area contributed by atoms with Gasteiger partial charge >= 0.3 is 6.18 Å². The molecule has 0 spiro atoms. The number of likely N-dealkylation sites (tertiary alicyclic amines) is 1. The number of β-amino-alcohol motifs (C(OH)–C–C–N with tert-alkyl or cyclic N) is 1. The lowest BCUT2D eigenvalue weighted by Gasteiger charge is -2.26. The number of carbonyl (C=O) groups excluding carboxylic acids is 1. The molecule has 116 valence electrons. The topological polar surface area (TPSA) is 52.6 Å². The second-order valence-corrected chi connectivity index (χ2v) is 5.37. The van der Waals surface area contributed by atoms with Gasteiger partial charge in [0.05, 0.1) is 0 Å². The molecule has 7 heteroatoms. The van der Waals surface area contributed by atoms with Crippen LogP contribution in [0.3, 0.4) is 0 Å². The minimum absolute atomic E-state index is 0.181. The molecular weight excluding hydrogens is 285 g/mol. The Kier molecular flexibility index (Phi) is 4.25. The smallest absolute Gasteiger partial charge is 0.379 e. The minimum Gasteiger partial charge on any atom is -0.379 e. The molecule has 1 aromatic carbocycles. The van der Waals surface area contributed by atoms with E-state index in [0.29, 0.717) is 12.2 Å². The fourth-order valence-electron chi connectivity index (χ4n) is 2.45. The number of aliphatic hydroxyl groups is 1. The van der Waals surface area contributed by atoms with Crippen molar-refractivity contribution >= 4 is 11.6 Å². The van der Waals surface area contributed by atoms with Gasteiger partial charge in [-0.1, -0.05) is 12.1 Å². The van der Waals surface area contributed by atoms with Crippen LogP contribution in [-0.2, 0) is 11.3 Å². The highest BCUT2D eigenvalue weighted by Gasteiger charge is 2.56. The van der Waals surface area contributed by atoms with Crippen LogP contribution in [0.25, 0.3) is 0 Å². The van der Waals surface area contributed by atoms with E-state index >= 15 is 0 Å². The molecule has 1 aliphatic heterocycles. The van der Waals surface area contributed by atoms with Crippen LogP contribution in [0.15, 0.2) is 24.3 Å². The van der Waals surface area contributed by atoms with Crippen molar-refractivity contribution in [3.8, 4) is 0 Å². The number of alkyl halides is 3. The molecule has 1 amide bonds. The normalized spacial score (nSPS) is 23.3. The van der Waals surface area contributed by atoms with E-state index in [1.54, 1.807) is 29.2 Å². The molecule has 0 aliphatic carbocycles. The molecule has 1 heterocycles. The SMILES string of the molecule is CC(=O)Nc1cccc(CN2CCC(O)(C(F)(F)F)C2)c1. The van der Waals surface area contributed by atoms with E-state index < -0.39 is 18.3 Å². The first kappa shape index (κ1) is 15.8. The van der Waals surface area contributed by atoms with Gasteiger partial charge in [-0.3, -0.25) is 9.69 Å². The number of halogens is 3. The van der Waals surface area contributed by atoms with E-state index in [9.17, 15) is 23.1 Å². The van der Waals surface area contributed by atoms with Crippen molar-refractivity contribution in [2.75, 3.05) is 18.4 Å². The number of rotatable bonds is 3. The summed E-state index contributed by atoms with van der Waals surface area (Å²) in [5, 5.41) is 12.2. The number of hydrogen-bond acceptors (Lipinski definition) is 3. The third-order valence-corrected chi connectivity index (χ3v) is 3.51. The Morgan fingerprint density at radius 2 is 2.19 bits per heavy atom. The number of nitrogens with zero attached hydrogens (tertiary/aromatic N) is 1. The van der Waals surface area contributed by atoms with E-state index in [1.807, 2.05) is 0 Å². The predicted molar refractivity (Wildman–Crippen MR) is 71.6 cm³/mol. The Labute approximate surface area is 120 Å². The molecule has 1 unspecified atom stereocenters. The maximum atomic E-state index is 12.7. The van der Waals surface area contributed by atoms with Crippen molar-refractivity contribution in [3.63, 3.8) is 0 Å². The third kappa shape index (κ3) is 3.74. The van der Waals surface area contributed by atoms with Gasteiger partial charge in [0.1, 0.15) is 0 Å². The second kappa shape index (κ2) is 5.65. The fraction of sp³-hybridized carbons (Fsp3) is 0.500. The molecule has 2 rings (SSSR count). The predicted octanol–water partition coefficient (Wildman–Crippen LogP) is 2.14. The lowest BCUT2D eigenvalue weighted by Crippen LogP contribution is -2.47. The Hall–Kier alpha value is -1.60. The van der Waals surface area contributed by atoms with Gasteiger partial charge in [-0.25, -0.2) is 0 Å². The van der Waals surface area contributed by atoms with Gasteiger partial charge in [0.2, 0.25) is 5.91 Å². The third-order valence-electron chi connectivity index (χ3n) is 3.51. The summed E-state index contributed by atoms with van der Waals surface area (Å²) in [7, 11) is 0. The van der Waals surface area contributed by atoms with Crippen molar-refractivity contribution < 1.29 is 23.1 Å². The molecule has 0 radical (unpaired) electrons. The zero-order valence-corrected chi connectivity index (χ0v) is 11.6. The van der Waals surface area contributed by atoms with Gasteiger partial charge in [-0.15, -0.1) is 0 Å². The van der Waals surface area contributed by atoms with Crippen LogP contribution in [0.2, 0.25) is 0 Å². The number of anilines is 1. The minimum atomic E-state index is -4.61. The highest BCUT2D eigenvalue weighted by molar-refractivity contribution is 5.88. The van der Waals surface area contributed by atoms with E-state index in [2.05, 4.69) is 5.32 Å². The van der Waals surface area contributed by atoms with Crippen LogP contribution >= 0.6 is 0 Å². The van der Waals surface area contributed by atoms with Crippen LogP contribution in [0.1, 0.15) is 18.9 Å². The maximum Gasteiger partial charge on any atom is 0.418 e.